The molecule has 0 fully saturated rings. The van der Waals surface area contributed by atoms with E-state index in [1.807, 2.05) is 6.92 Å². The van der Waals surface area contributed by atoms with Crippen LogP contribution in [0, 0.1) is 5.82 Å². The lowest BCUT2D eigenvalue weighted by molar-refractivity contribution is 0.0936. The van der Waals surface area contributed by atoms with Crippen LogP contribution in [0.3, 0.4) is 0 Å². The maximum absolute atomic E-state index is 13.2. The summed E-state index contributed by atoms with van der Waals surface area (Å²) in [5.74, 6) is -1.07. The number of hydrogen-bond donors (Lipinski definition) is 3. The Bertz CT molecular complexity index is 494. The zero-order chi connectivity index (χ0) is 14.4. The number of oxime groups is 1. The van der Waals surface area contributed by atoms with Gasteiger partial charge in [0.1, 0.15) is 11.7 Å². The quantitative estimate of drug-likeness (QED) is 0.335. The smallest absolute Gasteiger partial charge is 0.251 e. The average Bonchev–Trinajstić information content (AvgIpc) is 2.40. The molecule has 1 atom stereocenters. The van der Waals surface area contributed by atoms with Crippen molar-refractivity contribution in [2.75, 3.05) is 0 Å². The second-order valence-corrected chi connectivity index (χ2v) is 4.41. The largest absolute Gasteiger partial charge is 0.409 e. The number of carbonyl (C=O) groups excluding carboxylic acids is 1. The molecule has 0 spiro atoms. The molecule has 0 saturated heterocycles. The number of nitrogens with zero attached hydrogens (tertiary/aromatic N) is 1. The predicted molar refractivity (Wildman–Crippen MR) is 71.0 cm³/mol. The van der Waals surface area contributed by atoms with Crippen LogP contribution >= 0.6 is 11.6 Å². The number of rotatable bonds is 5. The third-order valence-electron chi connectivity index (χ3n) is 2.59. The van der Waals surface area contributed by atoms with Gasteiger partial charge in [-0.25, -0.2) is 4.39 Å². The number of nitrogens with one attached hydrogen (secondary N) is 1. The summed E-state index contributed by atoms with van der Waals surface area (Å²) < 4.78 is 13.2. The van der Waals surface area contributed by atoms with Gasteiger partial charge in [0.05, 0.1) is 5.02 Å². The third kappa shape index (κ3) is 4.40. The Hall–Kier alpha value is -1.82. The summed E-state index contributed by atoms with van der Waals surface area (Å²) in [7, 11) is 0. The van der Waals surface area contributed by atoms with Crippen LogP contribution in [0.2, 0.25) is 5.02 Å². The van der Waals surface area contributed by atoms with Crippen molar-refractivity contribution in [3.63, 3.8) is 0 Å². The summed E-state index contributed by atoms with van der Waals surface area (Å²) in [6.07, 6.45) is 0.812. The summed E-state index contributed by atoms with van der Waals surface area (Å²) in [5, 5.41) is 14.0. The molecule has 5 nitrogen and oxygen atoms in total. The first-order valence-electron chi connectivity index (χ1n) is 5.70. The van der Waals surface area contributed by atoms with E-state index in [0.29, 0.717) is 6.42 Å². The van der Waals surface area contributed by atoms with Crippen LogP contribution in [-0.4, -0.2) is 23.0 Å². The fourth-order valence-electron chi connectivity index (χ4n) is 1.50. The fraction of sp³-hybridized carbons (Fsp3) is 0.333. The first-order chi connectivity index (χ1) is 8.97. The molecule has 0 aliphatic heterocycles. The molecular formula is C12H15ClFN3O2. The van der Waals surface area contributed by atoms with Crippen molar-refractivity contribution in [3.05, 3.63) is 34.6 Å². The Morgan fingerprint density at radius 1 is 1.63 bits per heavy atom. The van der Waals surface area contributed by atoms with Crippen LogP contribution in [0.25, 0.3) is 0 Å². The minimum atomic E-state index is -0.654. The second-order valence-electron chi connectivity index (χ2n) is 4.00. The lowest BCUT2D eigenvalue weighted by Crippen LogP contribution is -2.37. The molecule has 0 aliphatic rings. The van der Waals surface area contributed by atoms with E-state index in [1.165, 1.54) is 12.1 Å². The Balaban J connectivity index is 2.74. The van der Waals surface area contributed by atoms with Crippen LogP contribution in [0.1, 0.15) is 30.1 Å². The molecule has 0 radical (unpaired) electrons. The maximum Gasteiger partial charge on any atom is 0.251 e. The SMILES string of the molecule is CCC(C/C(N)=N/O)NC(=O)c1ccc(Cl)c(F)c1. The van der Waals surface area contributed by atoms with Crippen LogP contribution in [0.15, 0.2) is 23.4 Å². The highest BCUT2D eigenvalue weighted by molar-refractivity contribution is 6.30. The van der Waals surface area contributed by atoms with Crippen LogP contribution in [-0.2, 0) is 0 Å². The van der Waals surface area contributed by atoms with Crippen LogP contribution in [0.5, 0.6) is 0 Å². The molecule has 0 saturated carbocycles. The van der Waals surface area contributed by atoms with E-state index in [2.05, 4.69) is 10.5 Å². The van der Waals surface area contributed by atoms with Crippen molar-refractivity contribution in [2.45, 2.75) is 25.8 Å². The van der Waals surface area contributed by atoms with E-state index < -0.39 is 11.7 Å². The van der Waals surface area contributed by atoms with Crippen molar-refractivity contribution in [2.24, 2.45) is 10.9 Å². The normalized spacial score (nSPS) is 13.1. The highest BCUT2D eigenvalue weighted by atomic mass is 35.5. The van der Waals surface area contributed by atoms with Crippen molar-refractivity contribution in [1.82, 2.24) is 5.32 Å². The average molecular weight is 288 g/mol. The monoisotopic (exact) mass is 287 g/mol. The molecule has 4 N–H and O–H groups in total. The van der Waals surface area contributed by atoms with Gasteiger partial charge < -0.3 is 16.3 Å². The molecule has 0 bridgehead atoms. The Morgan fingerprint density at radius 3 is 2.84 bits per heavy atom. The summed E-state index contributed by atoms with van der Waals surface area (Å²) in [4.78, 5) is 11.9. The first kappa shape index (κ1) is 15.2. The lowest BCUT2D eigenvalue weighted by atomic mass is 10.1. The molecule has 104 valence electrons. The molecule has 0 aromatic heterocycles. The zero-order valence-electron chi connectivity index (χ0n) is 10.4. The number of hydrogen-bond acceptors (Lipinski definition) is 3. The molecule has 1 aromatic carbocycles. The van der Waals surface area contributed by atoms with Gasteiger partial charge in [0, 0.05) is 18.0 Å². The molecule has 1 aromatic rings. The van der Waals surface area contributed by atoms with Crippen LogP contribution < -0.4 is 11.1 Å². The number of nitrogens with two attached hydrogens (primary N) is 1. The van der Waals surface area contributed by atoms with Gasteiger partial charge in [-0.15, -0.1) is 0 Å². The van der Waals surface area contributed by atoms with Gasteiger partial charge >= 0.3 is 0 Å². The first-order valence-corrected chi connectivity index (χ1v) is 6.08. The highest BCUT2D eigenvalue weighted by Gasteiger charge is 2.15. The summed E-state index contributed by atoms with van der Waals surface area (Å²) in [6.45, 7) is 1.85. The van der Waals surface area contributed by atoms with Gasteiger partial charge in [-0.1, -0.05) is 23.7 Å². The Morgan fingerprint density at radius 2 is 2.32 bits per heavy atom. The van der Waals surface area contributed by atoms with E-state index in [4.69, 9.17) is 22.5 Å². The lowest BCUT2D eigenvalue weighted by Gasteiger charge is -2.16. The van der Waals surface area contributed by atoms with E-state index in [0.717, 1.165) is 6.07 Å². The second kappa shape index (κ2) is 6.94. The van der Waals surface area contributed by atoms with Gasteiger partial charge in [-0.05, 0) is 24.6 Å². The topological polar surface area (TPSA) is 87.7 Å². The van der Waals surface area contributed by atoms with E-state index >= 15 is 0 Å². The number of amides is 1. The third-order valence-corrected chi connectivity index (χ3v) is 2.90. The number of benzene rings is 1. The number of carbonyl (C=O) groups is 1. The summed E-state index contributed by atoms with van der Waals surface area (Å²) in [6, 6.07) is 3.52. The van der Waals surface area contributed by atoms with Crippen LogP contribution in [0.4, 0.5) is 4.39 Å². The molecule has 7 heteroatoms. The molecule has 0 heterocycles. The Kier molecular flexibility index (Phi) is 5.57. The summed E-state index contributed by atoms with van der Waals surface area (Å²) in [5.41, 5.74) is 5.55. The molecule has 1 rings (SSSR count). The number of amidine groups is 1. The van der Waals surface area contributed by atoms with Gasteiger partial charge in [0.25, 0.3) is 5.91 Å². The van der Waals surface area contributed by atoms with Gasteiger partial charge in [-0.2, -0.15) is 0 Å². The number of halogens is 2. The minimum Gasteiger partial charge on any atom is -0.409 e. The van der Waals surface area contributed by atoms with Gasteiger partial charge in [-0.3, -0.25) is 4.79 Å². The van der Waals surface area contributed by atoms with Crippen molar-refractivity contribution in [1.29, 1.82) is 0 Å². The van der Waals surface area contributed by atoms with Crippen molar-refractivity contribution in [3.8, 4) is 0 Å². The van der Waals surface area contributed by atoms with Gasteiger partial charge in [0.15, 0.2) is 0 Å². The van der Waals surface area contributed by atoms with E-state index in [-0.39, 0.29) is 28.9 Å². The van der Waals surface area contributed by atoms with Crippen molar-refractivity contribution >= 4 is 23.3 Å². The highest BCUT2D eigenvalue weighted by Crippen LogP contribution is 2.15. The standard InChI is InChI=1S/C12H15ClFN3O2/c1-2-8(6-11(15)17-19)16-12(18)7-3-4-9(13)10(14)5-7/h3-5,8,19H,2,6H2,1H3,(H2,15,17)(H,16,18). The van der Waals surface area contributed by atoms with E-state index in [9.17, 15) is 9.18 Å². The molecule has 1 amide bonds. The fourth-order valence-corrected chi connectivity index (χ4v) is 1.61. The predicted octanol–water partition coefficient (Wildman–Crippen LogP) is 2.12. The molecular weight excluding hydrogens is 273 g/mol. The molecule has 19 heavy (non-hydrogen) atoms. The van der Waals surface area contributed by atoms with Gasteiger partial charge in [0.2, 0.25) is 0 Å². The molecule has 0 aliphatic carbocycles. The minimum absolute atomic E-state index is 0.0226. The van der Waals surface area contributed by atoms with Crippen molar-refractivity contribution < 1.29 is 14.4 Å². The maximum atomic E-state index is 13.2. The van der Waals surface area contributed by atoms with E-state index in [1.54, 1.807) is 0 Å². The zero-order valence-corrected chi connectivity index (χ0v) is 11.1. The summed E-state index contributed by atoms with van der Waals surface area (Å²) >= 11 is 5.54. The Labute approximate surface area is 115 Å². The molecule has 1 unspecified atom stereocenters.